The molecule has 0 N–H and O–H groups in total. The number of rotatable bonds is 1. The van der Waals surface area contributed by atoms with Crippen LogP contribution in [0.25, 0.3) is 32.7 Å². The number of amides is 1. The first-order valence-electron chi connectivity index (χ1n) is 14.5. The molecule has 5 heteroatoms. The molecule has 0 bridgehead atoms. The van der Waals surface area contributed by atoms with Crippen molar-refractivity contribution >= 4 is 73.3 Å². The van der Waals surface area contributed by atoms with Gasteiger partial charge < -0.3 is 9.15 Å². The quantitative estimate of drug-likeness (QED) is 0.201. The molecule has 3 heterocycles. The number of aryl methyl sites for hydroxylation is 2. The number of benzene rings is 5. The summed E-state index contributed by atoms with van der Waals surface area (Å²) in [5.74, 6) is 0.689. The van der Waals surface area contributed by atoms with E-state index in [2.05, 4.69) is 83.1 Å². The van der Waals surface area contributed by atoms with Crippen molar-refractivity contribution in [3.63, 3.8) is 0 Å². The summed E-state index contributed by atoms with van der Waals surface area (Å²) in [6.07, 6.45) is -0.372. The Morgan fingerprint density at radius 1 is 0.659 bits per heavy atom. The van der Waals surface area contributed by atoms with Gasteiger partial charge in [0.2, 0.25) is 0 Å². The van der Waals surface area contributed by atoms with Gasteiger partial charge in [0.25, 0.3) is 6.71 Å². The topological polar surface area (TPSA) is 42.7 Å². The first-order chi connectivity index (χ1) is 19.9. The van der Waals surface area contributed by atoms with Crippen molar-refractivity contribution in [2.45, 2.75) is 48.5 Å². The first-order valence-corrected chi connectivity index (χ1v) is 14.5. The van der Waals surface area contributed by atoms with E-state index in [9.17, 15) is 4.79 Å². The van der Waals surface area contributed by atoms with E-state index in [1.807, 2.05) is 32.0 Å². The molecule has 0 saturated carbocycles. The molecular formula is C36H32BNO3. The van der Waals surface area contributed by atoms with Gasteiger partial charge in [-0.1, -0.05) is 73.4 Å². The molecule has 8 rings (SSSR count). The van der Waals surface area contributed by atoms with Crippen LogP contribution >= 0.6 is 0 Å². The van der Waals surface area contributed by atoms with Crippen LogP contribution in [0.5, 0.6) is 5.75 Å². The molecule has 6 aromatic rings. The Bertz CT molecular complexity index is 2070. The predicted octanol–water partition coefficient (Wildman–Crippen LogP) is 7.79. The van der Waals surface area contributed by atoms with Crippen LogP contribution in [-0.4, -0.2) is 12.8 Å². The summed E-state index contributed by atoms with van der Waals surface area (Å²) in [5.41, 5.74) is 12.6. The lowest BCUT2D eigenvalue weighted by molar-refractivity contribution is 0.209. The third-order valence-corrected chi connectivity index (χ3v) is 9.26. The lowest BCUT2D eigenvalue weighted by atomic mass is 9.34. The Morgan fingerprint density at radius 3 is 2.10 bits per heavy atom. The maximum atomic E-state index is 13.9. The van der Waals surface area contributed by atoms with Crippen LogP contribution in [0.2, 0.25) is 0 Å². The Kier molecular flexibility index (Phi) is 5.59. The SMILES string of the molecule is CC.Cc1c(C)c2c3c4c(c(C)c(C)c3c1C)B(c1ccccc1)c1c(ccc3c1oc1ccccc13)N4C(=O)O2. The van der Waals surface area contributed by atoms with E-state index >= 15 is 0 Å². The predicted molar refractivity (Wildman–Crippen MR) is 172 cm³/mol. The van der Waals surface area contributed by atoms with Crippen molar-refractivity contribution in [2.75, 3.05) is 4.90 Å². The average Bonchev–Trinajstić information content (AvgIpc) is 3.39. The fourth-order valence-electron chi connectivity index (χ4n) is 7.08. The highest BCUT2D eigenvalue weighted by Crippen LogP contribution is 2.49. The van der Waals surface area contributed by atoms with Crippen LogP contribution in [0.4, 0.5) is 16.2 Å². The van der Waals surface area contributed by atoms with E-state index in [1.165, 1.54) is 33.1 Å². The van der Waals surface area contributed by atoms with Gasteiger partial charge in [-0.25, -0.2) is 9.69 Å². The second-order valence-electron chi connectivity index (χ2n) is 11.0. The van der Waals surface area contributed by atoms with Crippen LogP contribution in [0.15, 0.2) is 71.1 Å². The molecule has 41 heavy (non-hydrogen) atoms. The molecule has 0 radical (unpaired) electrons. The number of hydrogen-bond acceptors (Lipinski definition) is 3. The molecule has 1 amide bonds. The number of anilines is 2. The smallest absolute Gasteiger partial charge is 0.424 e. The fourth-order valence-corrected chi connectivity index (χ4v) is 7.08. The molecule has 0 unspecified atom stereocenters. The maximum Gasteiger partial charge on any atom is 0.424 e. The van der Waals surface area contributed by atoms with Crippen LogP contribution in [0, 0.1) is 34.6 Å². The van der Waals surface area contributed by atoms with Gasteiger partial charge >= 0.3 is 6.09 Å². The Balaban J connectivity index is 0.00000135. The van der Waals surface area contributed by atoms with E-state index in [0.717, 1.165) is 55.2 Å². The highest BCUT2D eigenvalue weighted by molar-refractivity contribution is 7.00. The number of carbonyl (C=O) groups is 1. The van der Waals surface area contributed by atoms with Crippen molar-refractivity contribution in [1.29, 1.82) is 0 Å². The molecule has 5 aromatic carbocycles. The zero-order chi connectivity index (χ0) is 28.7. The van der Waals surface area contributed by atoms with Gasteiger partial charge in [0.1, 0.15) is 16.9 Å². The van der Waals surface area contributed by atoms with Crippen LogP contribution < -0.4 is 26.0 Å². The minimum Gasteiger partial charge on any atom is -0.457 e. The van der Waals surface area contributed by atoms with Gasteiger partial charge in [-0.05, 0) is 91.4 Å². The number of carbonyl (C=O) groups excluding carboxylic acids is 1. The van der Waals surface area contributed by atoms with Crippen molar-refractivity contribution in [3.8, 4) is 5.75 Å². The number of ether oxygens (including phenoxy) is 1. The van der Waals surface area contributed by atoms with Crippen molar-refractivity contribution in [3.05, 3.63) is 94.5 Å². The fraction of sp³-hybridized carbons (Fsp3) is 0.194. The van der Waals surface area contributed by atoms with Gasteiger partial charge in [-0.15, -0.1) is 0 Å². The van der Waals surface area contributed by atoms with Crippen LogP contribution in [-0.2, 0) is 0 Å². The van der Waals surface area contributed by atoms with Gasteiger partial charge in [0, 0.05) is 16.2 Å². The number of furan rings is 1. The summed E-state index contributed by atoms with van der Waals surface area (Å²) in [6, 6.07) is 22.9. The largest absolute Gasteiger partial charge is 0.457 e. The molecule has 2 aliphatic rings. The Morgan fingerprint density at radius 2 is 1.34 bits per heavy atom. The summed E-state index contributed by atoms with van der Waals surface area (Å²) >= 11 is 0. The lowest BCUT2D eigenvalue weighted by Gasteiger charge is -2.40. The van der Waals surface area contributed by atoms with Gasteiger partial charge in [0.05, 0.1) is 11.4 Å². The van der Waals surface area contributed by atoms with Crippen LogP contribution in [0.1, 0.15) is 41.7 Å². The summed E-state index contributed by atoms with van der Waals surface area (Å²) < 4.78 is 12.8. The standard InChI is InChI=1S/C34H26BNO3.C2H6/c1-17-18(2)27-19(3)20(4)29-31-28(27)32(21(17)5)39-34(37)36(31)25-16-15-24-23-13-9-10-14-26(23)38-33(24)30(25)35(29)22-11-7-6-8-12-22;1-2/h6-16H,1-5H3;1-2H3. The molecule has 0 fully saturated rings. The molecule has 0 aliphatic carbocycles. The summed E-state index contributed by atoms with van der Waals surface area (Å²) in [4.78, 5) is 15.7. The normalized spacial score (nSPS) is 13.4. The number of nitrogens with zero attached hydrogens (tertiary/aromatic N) is 1. The molecular weight excluding hydrogens is 505 g/mol. The van der Waals surface area contributed by atoms with Gasteiger partial charge in [0.15, 0.2) is 0 Å². The van der Waals surface area contributed by atoms with E-state index in [0.29, 0.717) is 5.75 Å². The molecule has 0 saturated heterocycles. The van der Waals surface area contributed by atoms with Gasteiger partial charge in [-0.3, -0.25) is 0 Å². The van der Waals surface area contributed by atoms with E-state index in [-0.39, 0.29) is 12.8 Å². The summed E-state index contributed by atoms with van der Waals surface area (Å²) in [7, 11) is 0. The Labute approximate surface area is 240 Å². The third kappa shape index (κ3) is 3.20. The van der Waals surface area contributed by atoms with E-state index in [1.54, 1.807) is 4.90 Å². The summed E-state index contributed by atoms with van der Waals surface area (Å²) in [5, 5.41) is 4.34. The average molecular weight is 537 g/mol. The molecule has 0 atom stereocenters. The summed E-state index contributed by atoms with van der Waals surface area (Å²) in [6.45, 7) is 14.7. The maximum absolute atomic E-state index is 13.9. The minimum atomic E-state index is -0.372. The Hall–Kier alpha value is -4.51. The van der Waals surface area contributed by atoms with Crippen LogP contribution in [0.3, 0.4) is 0 Å². The van der Waals surface area contributed by atoms with E-state index < -0.39 is 0 Å². The highest BCUT2D eigenvalue weighted by atomic mass is 16.6. The van der Waals surface area contributed by atoms with E-state index in [4.69, 9.17) is 9.15 Å². The third-order valence-electron chi connectivity index (χ3n) is 9.26. The zero-order valence-electron chi connectivity index (χ0n) is 24.6. The molecule has 2 aliphatic heterocycles. The second-order valence-corrected chi connectivity index (χ2v) is 11.0. The number of fused-ring (bicyclic) bond motifs is 6. The molecule has 1 aromatic heterocycles. The zero-order valence-corrected chi connectivity index (χ0v) is 24.6. The van der Waals surface area contributed by atoms with Crippen molar-refractivity contribution in [2.24, 2.45) is 0 Å². The minimum absolute atomic E-state index is 0.111. The molecule has 4 nitrogen and oxygen atoms in total. The van der Waals surface area contributed by atoms with Crippen molar-refractivity contribution < 1.29 is 13.9 Å². The number of para-hydroxylation sites is 1. The lowest BCUT2D eigenvalue weighted by Crippen LogP contribution is -2.60. The first kappa shape index (κ1) is 25.5. The van der Waals surface area contributed by atoms with Gasteiger partial charge in [-0.2, -0.15) is 0 Å². The van der Waals surface area contributed by atoms with Crippen molar-refractivity contribution in [1.82, 2.24) is 0 Å². The second kappa shape index (κ2) is 9.00. The monoisotopic (exact) mass is 537 g/mol. The highest BCUT2D eigenvalue weighted by Gasteiger charge is 2.45. The molecule has 0 spiro atoms. The molecule has 202 valence electrons. The number of hydrogen-bond donors (Lipinski definition) is 0.